The number of amides is 1. The number of anilines is 1. The summed E-state index contributed by atoms with van der Waals surface area (Å²) in [5, 5.41) is 12.6. The van der Waals surface area contributed by atoms with Gasteiger partial charge in [0.2, 0.25) is 10.0 Å². The fraction of sp³-hybridized carbons (Fsp3) is 0.100. The summed E-state index contributed by atoms with van der Waals surface area (Å²) >= 11 is 0. The molecule has 0 radical (unpaired) electrons. The van der Waals surface area contributed by atoms with Gasteiger partial charge in [0.1, 0.15) is 0 Å². The van der Waals surface area contributed by atoms with Crippen molar-refractivity contribution in [3.05, 3.63) is 71.0 Å². The molecule has 4 rings (SSSR count). The van der Waals surface area contributed by atoms with E-state index >= 15 is 0 Å². The van der Waals surface area contributed by atoms with Crippen LogP contribution >= 0.6 is 0 Å². The lowest BCUT2D eigenvalue weighted by molar-refractivity contribution is -0.110. The van der Waals surface area contributed by atoms with Crippen LogP contribution in [-0.4, -0.2) is 24.1 Å². The Labute approximate surface area is 162 Å². The number of rotatable bonds is 3. The van der Waals surface area contributed by atoms with E-state index in [9.17, 15) is 13.2 Å². The van der Waals surface area contributed by atoms with Gasteiger partial charge in [-0.1, -0.05) is 18.2 Å². The van der Waals surface area contributed by atoms with Gasteiger partial charge in [-0.2, -0.15) is 5.10 Å². The zero-order valence-corrected chi connectivity index (χ0v) is 16.1. The van der Waals surface area contributed by atoms with Crippen LogP contribution in [0.15, 0.2) is 53.4 Å². The summed E-state index contributed by atoms with van der Waals surface area (Å²) in [7, 11) is -3.87. The van der Waals surface area contributed by atoms with Gasteiger partial charge in [-0.15, -0.1) is 0 Å². The van der Waals surface area contributed by atoms with Crippen molar-refractivity contribution in [2.45, 2.75) is 18.7 Å². The fourth-order valence-electron chi connectivity index (χ4n) is 3.32. The molecule has 0 saturated heterocycles. The molecule has 0 aliphatic carbocycles. The molecule has 0 saturated carbocycles. The number of sulfonamides is 1. The molecule has 0 atom stereocenters. The number of para-hydroxylation sites is 1. The van der Waals surface area contributed by atoms with Gasteiger partial charge in [0.15, 0.2) is 0 Å². The lowest BCUT2D eigenvalue weighted by atomic mass is 10.0. The topological polar surface area (TPSA) is 107 Å². The molecule has 2 aromatic carbocycles. The van der Waals surface area contributed by atoms with Gasteiger partial charge in [0, 0.05) is 28.1 Å². The third-order valence-corrected chi connectivity index (χ3v) is 5.65. The van der Waals surface area contributed by atoms with Crippen LogP contribution in [0, 0.1) is 13.8 Å². The number of hydrogen-bond acceptors (Lipinski definition) is 4. The number of benzene rings is 2. The molecule has 7 nitrogen and oxygen atoms in total. The smallest absolute Gasteiger partial charge is 0.256 e. The van der Waals surface area contributed by atoms with E-state index in [1.165, 1.54) is 12.1 Å². The van der Waals surface area contributed by atoms with Crippen molar-refractivity contribution in [2.24, 2.45) is 5.14 Å². The zero-order chi connectivity index (χ0) is 20.1. The normalized spacial score (nSPS) is 15.0. The summed E-state index contributed by atoms with van der Waals surface area (Å²) in [5.74, 6) is -0.298. The van der Waals surface area contributed by atoms with Crippen molar-refractivity contribution in [3.63, 3.8) is 0 Å². The molecule has 1 aliphatic rings. The first-order valence-electron chi connectivity index (χ1n) is 8.57. The second kappa shape index (κ2) is 6.43. The predicted molar refractivity (Wildman–Crippen MR) is 107 cm³/mol. The van der Waals surface area contributed by atoms with Gasteiger partial charge >= 0.3 is 0 Å². The molecule has 0 spiro atoms. The van der Waals surface area contributed by atoms with E-state index in [2.05, 4.69) is 10.4 Å². The maximum absolute atomic E-state index is 12.5. The SMILES string of the molecule is Cc1nn(-c2ccccc2)c(C)c1/C=C1\C(=O)Nc2ccc(S(N)(=O)=O)cc21. The van der Waals surface area contributed by atoms with Gasteiger partial charge in [-0.25, -0.2) is 18.2 Å². The highest BCUT2D eigenvalue weighted by Crippen LogP contribution is 2.35. The zero-order valence-electron chi connectivity index (χ0n) is 15.3. The van der Waals surface area contributed by atoms with E-state index in [1.807, 2.05) is 48.9 Å². The molecule has 28 heavy (non-hydrogen) atoms. The highest BCUT2D eigenvalue weighted by molar-refractivity contribution is 7.89. The molecular formula is C20H18N4O3S. The largest absolute Gasteiger partial charge is 0.321 e. The quantitative estimate of drug-likeness (QED) is 0.666. The second-order valence-corrected chi connectivity index (χ2v) is 8.16. The third kappa shape index (κ3) is 3.02. The van der Waals surface area contributed by atoms with E-state index in [0.29, 0.717) is 16.8 Å². The van der Waals surface area contributed by atoms with Crippen LogP contribution < -0.4 is 10.5 Å². The molecule has 0 fully saturated rings. The number of nitrogens with zero attached hydrogens (tertiary/aromatic N) is 2. The van der Waals surface area contributed by atoms with E-state index in [-0.39, 0.29) is 10.8 Å². The summed E-state index contributed by atoms with van der Waals surface area (Å²) in [5.41, 5.74) is 4.79. The second-order valence-electron chi connectivity index (χ2n) is 6.60. The minimum atomic E-state index is -3.87. The Morgan fingerprint density at radius 3 is 2.50 bits per heavy atom. The number of carbonyl (C=O) groups excluding carboxylic acids is 1. The number of nitrogens with one attached hydrogen (secondary N) is 1. The Morgan fingerprint density at radius 2 is 1.82 bits per heavy atom. The molecule has 2 heterocycles. The van der Waals surface area contributed by atoms with Crippen molar-refractivity contribution in [3.8, 4) is 5.69 Å². The number of hydrogen-bond donors (Lipinski definition) is 2. The van der Waals surface area contributed by atoms with Crippen molar-refractivity contribution < 1.29 is 13.2 Å². The molecule has 1 aliphatic heterocycles. The number of nitrogens with two attached hydrogens (primary N) is 1. The predicted octanol–water partition coefficient (Wildman–Crippen LogP) is 2.63. The molecule has 3 N–H and O–H groups in total. The Hall–Kier alpha value is -3.23. The standard InChI is InChI=1S/C20H18N4O3S/c1-12-16(13(2)24(23-12)14-6-4-3-5-7-14)11-18-17-10-15(28(21,26)27)8-9-19(17)22-20(18)25/h3-11H,1-2H3,(H,22,25)(H2,21,26,27)/b18-11-. The highest BCUT2D eigenvalue weighted by Gasteiger charge is 2.27. The monoisotopic (exact) mass is 394 g/mol. The Balaban J connectivity index is 1.86. The lowest BCUT2D eigenvalue weighted by Gasteiger charge is -2.04. The number of aryl methyl sites for hydroxylation is 1. The van der Waals surface area contributed by atoms with Gasteiger partial charge in [-0.05, 0) is 50.3 Å². The van der Waals surface area contributed by atoms with E-state index in [4.69, 9.17) is 5.14 Å². The lowest BCUT2D eigenvalue weighted by Crippen LogP contribution is -2.12. The first-order valence-corrected chi connectivity index (χ1v) is 10.1. The number of fused-ring (bicyclic) bond motifs is 1. The highest BCUT2D eigenvalue weighted by atomic mass is 32.2. The van der Waals surface area contributed by atoms with Crippen LogP contribution in [0.1, 0.15) is 22.5 Å². The van der Waals surface area contributed by atoms with Gasteiger partial charge in [0.05, 0.1) is 16.3 Å². The van der Waals surface area contributed by atoms with Crippen molar-refractivity contribution >= 4 is 33.3 Å². The first kappa shape index (κ1) is 18.1. The third-order valence-electron chi connectivity index (χ3n) is 4.74. The Bertz CT molecular complexity index is 1240. The van der Waals surface area contributed by atoms with Crippen LogP contribution in [0.5, 0.6) is 0 Å². The van der Waals surface area contributed by atoms with Crippen molar-refractivity contribution in [2.75, 3.05) is 5.32 Å². The van der Waals surface area contributed by atoms with Crippen LogP contribution in [0.3, 0.4) is 0 Å². The molecular weight excluding hydrogens is 376 g/mol. The number of aromatic nitrogens is 2. The Kier molecular flexibility index (Phi) is 4.17. The summed E-state index contributed by atoms with van der Waals surface area (Å²) in [6.07, 6.45) is 1.74. The average Bonchev–Trinajstić information content (AvgIpc) is 3.12. The first-order chi connectivity index (χ1) is 13.3. The summed E-state index contributed by atoms with van der Waals surface area (Å²) in [4.78, 5) is 12.5. The number of primary sulfonamides is 1. The van der Waals surface area contributed by atoms with E-state index in [0.717, 1.165) is 22.6 Å². The molecule has 1 amide bonds. The minimum Gasteiger partial charge on any atom is -0.321 e. The van der Waals surface area contributed by atoms with Crippen molar-refractivity contribution in [1.82, 2.24) is 9.78 Å². The maximum atomic E-state index is 12.5. The average molecular weight is 394 g/mol. The minimum absolute atomic E-state index is 0.0397. The molecule has 1 aromatic heterocycles. The van der Waals surface area contributed by atoms with Crippen LogP contribution in [-0.2, 0) is 14.8 Å². The van der Waals surface area contributed by atoms with Crippen LogP contribution in [0.25, 0.3) is 17.3 Å². The van der Waals surface area contributed by atoms with Gasteiger partial charge in [-0.3, -0.25) is 4.79 Å². The molecule has 8 heteroatoms. The molecule has 0 bridgehead atoms. The van der Waals surface area contributed by atoms with Crippen LogP contribution in [0.4, 0.5) is 5.69 Å². The molecule has 3 aromatic rings. The maximum Gasteiger partial charge on any atom is 0.256 e. The number of carbonyl (C=O) groups is 1. The van der Waals surface area contributed by atoms with E-state index in [1.54, 1.807) is 12.1 Å². The van der Waals surface area contributed by atoms with Gasteiger partial charge < -0.3 is 5.32 Å². The van der Waals surface area contributed by atoms with E-state index < -0.39 is 10.0 Å². The summed E-state index contributed by atoms with van der Waals surface area (Å²) < 4.78 is 25.2. The van der Waals surface area contributed by atoms with Crippen molar-refractivity contribution in [1.29, 1.82) is 0 Å². The molecule has 142 valence electrons. The van der Waals surface area contributed by atoms with Crippen LogP contribution in [0.2, 0.25) is 0 Å². The fourth-order valence-corrected chi connectivity index (χ4v) is 3.86. The molecule has 0 unspecified atom stereocenters. The van der Waals surface area contributed by atoms with Gasteiger partial charge in [0.25, 0.3) is 5.91 Å². The Morgan fingerprint density at radius 1 is 1.11 bits per heavy atom. The summed E-state index contributed by atoms with van der Waals surface area (Å²) in [6.45, 7) is 3.79. The summed E-state index contributed by atoms with van der Waals surface area (Å²) in [6, 6.07) is 14.0.